The van der Waals surface area contributed by atoms with E-state index in [1.165, 1.54) is 0 Å². The van der Waals surface area contributed by atoms with Gasteiger partial charge in [0.05, 0.1) is 6.54 Å². The quantitative estimate of drug-likeness (QED) is 0.273. The minimum absolute atomic E-state index is 0.116. The van der Waals surface area contributed by atoms with Gasteiger partial charge in [0.1, 0.15) is 0 Å². The number of tetrazole rings is 1. The summed E-state index contributed by atoms with van der Waals surface area (Å²) in [6.45, 7) is 7.17. The summed E-state index contributed by atoms with van der Waals surface area (Å²) >= 11 is 0. The first-order chi connectivity index (χ1) is 17.2. The summed E-state index contributed by atoms with van der Waals surface area (Å²) in [6, 6.07) is 16.8. The molecule has 2 aromatic carbocycles. The molecule has 0 saturated carbocycles. The molecule has 184 valence electrons. The molecule has 1 N–H and O–H groups in total. The summed E-state index contributed by atoms with van der Waals surface area (Å²) < 4.78 is 3.97. The highest BCUT2D eigenvalue weighted by Crippen LogP contribution is 2.30. The second-order valence-electron chi connectivity index (χ2n) is 9.18. The smallest absolute Gasteiger partial charge is 0.296 e. The van der Waals surface area contributed by atoms with Crippen LogP contribution in [0.15, 0.2) is 59.5 Å². The van der Waals surface area contributed by atoms with Gasteiger partial charge in [0.2, 0.25) is 5.82 Å². The molecule has 35 heavy (non-hydrogen) atoms. The van der Waals surface area contributed by atoms with E-state index >= 15 is 0 Å². The Kier molecular flexibility index (Phi) is 8.29. The van der Waals surface area contributed by atoms with Gasteiger partial charge in [0, 0.05) is 23.5 Å². The highest BCUT2D eigenvalue weighted by atomic mass is 16.1. The molecule has 0 aliphatic carbocycles. The van der Waals surface area contributed by atoms with E-state index in [4.69, 9.17) is 0 Å². The van der Waals surface area contributed by atoms with Gasteiger partial charge in [-0.25, -0.2) is 4.79 Å². The van der Waals surface area contributed by atoms with Crippen molar-refractivity contribution in [3.63, 3.8) is 0 Å². The largest absolute Gasteiger partial charge is 0.328 e. The molecule has 7 heteroatoms. The van der Waals surface area contributed by atoms with Gasteiger partial charge in [-0.15, -0.1) is 10.2 Å². The van der Waals surface area contributed by atoms with Crippen LogP contribution in [-0.4, -0.2) is 29.8 Å². The maximum atomic E-state index is 13.5. The number of nitrogens with zero attached hydrogens (tertiary/aromatic N) is 5. The van der Waals surface area contributed by atoms with Crippen LogP contribution in [0.5, 0.6) is 0 Å². The van der Waals surface area contributed by atoms with Crippen LogP contribution in [-0.2, 0) is 13.0 Å². The molecule has 4 aromatic rings. The summed E-state index contributed by atoms with van der Waals surface area (Å²) in [6.07, 6.45) is 9.58. The van der Waals surface area contributed by atoms with Gasteiger partial charge in [0.25, 0.3) is 0 Å². The zero-order valence-electron chi connectivity index (χ0n) is 21.1. The van der Waals surface area contributed by atoms with E-state index in [-0.39, 0.29) is 11.7 Å². The Hall–Kier alpha value is -3.48. The van der Waals surface area contributed by atoms with Crippen molar-refractivity contribution >= 4 is 0 Å². The van der Waals surface area contributed by atoms with Crippen molar-refractivity contribution in [2.75, 3.05) is 0 Å². The monoisotopic (exact) mass is 472 g/mol. The minimum atomic E-state index is 0.116. The molecule has 0 bridgehead atoms. The fourth-order valence-corrected chi connectivity index (χ4v) is 4.69. The zero-order valence-corrected chi connectivity index (χ0v) is 21.1. The van der Waals surface area contributed by atoms with Crippen molar-refractivity contribution in [3.8, 4) is 22.5 Å². The lowest BCUT2D eigenvalue weighted by Gasteiger charge is -2.15. The molecule has 1 unspecified atom stereocenters. The lowest BCUT2D eigenvalue weighted by molar-refractivity contribution is 0.421. The Labute approximate surface area is 207 Å². The lowest BCUT2D eigenvalue weighted by Crippen LogP contribution is -2.28. The number of imidazole rings is 1. The van der Waals surface area contributed by atoms with Crippen molar-refractivity contribution in [2.24, 2.45) is 0 Å². The van der Waals surface area contributed by atoms with Crippen LogP contribution in [0.25, 0.3) is 22.5 Å². The van der Waals surface area contributed by atoms with E-state index in [9.17, 15) is 4.79 Å². The van der Waals surface area contributed by atoms with E-state index in [0.717, 1.165) is 72.9 Å². The molecule has 0 saturated heterocycles. The molecule has 7 nitrogen and oxygen atoms in total. The van der Waals surface area contributed by atoms with Crippen molar-refractivity contribution < 1.29 is 0 Å². The second kappa shape index (κ2) is 11.8. The maximum Gasteiger partial charge on any atom is 0.328 e. The van der Waals surface area contributed by atoms with Crippen molar-refractivity contribution in [3.05, 3.63) is 76.5 Å². The fraction of sp³-hybridized carbons (Fsp3) is 0.429. The highest BCUT2D eigenvalue weighted by molar-refractivity contribution is 5.80. The van der Waals surface area contributed by atoms with Crippen molar-refractivity contribution in [1.82, 2.24) is 29.8 Å². The minimum Gasteiger partial charge on any atom is -0.296 e. The summed E-state index contributed by atoms with van der Waals surface area (Å²) in [5.41, 5.74) is 5.43. The molecule has 0 radical (unpaired) electrons. The fourth-order valence-electron chi connectivity index (χ4n) is 4.69. The van der Waals surface area contributed by atoms with E-state index in [0.29, 0.717) is 12.4 Å². The Morgan fingerprint density at radius 3 is 2.34 bits per heavy atom. The SMILES string of the molecule is CCCCc1cn(C(CC)CCCC)c(=O)n1Cc1ccc(-c2ccccc2-c2nn[nH]n2)cc1. The van der Waals surface area contributed by atoms with Crippen LogP contribution >= 0.6 is 0 Å². The standard InChI is InChI=1S/C28H36N6O/c1-4-7-11-23(6-3)34-20-24(12-8-5-2)33(28(34)35)19-21-15-17-22(18-16-21)25-13-9-10-14-26(25)27-29-31-32-30-27/h9-10,13-18,20,23H,4-8,11-12,19H2,1-3H3,(H,29,30,31,32). The lowest BCUT2D eigenvalue weighted by atomic mass is 9.98. The molecule has 0 aliphatic rings. The van der Waals surface area contributed by atoms with Gasteiger partial charge in [-0.3, -0.25) is 9.13 Å². The molecule has 0 amide bonds. The average Bonchev–Trinajstić information content (AvgIpc) is 3.53. The molecular formula is C28H36N6O. The molecule has 2 heterocycles. The van der Waals surface area contributed by atoms with Gasteiger partial charge in [-0.2, -0.15) is 5.21 Å². The average molecular weight is 473 g/mol. The predicted octanol–water partition coefficient (Wildman–Crippen LogP) is 6.03. The third-order valence-electron chi connectivity index (χ3n) is 6.75. The Balaban J connectivity index is 1.62. The number of unbranched alkanes of at least 4 members (excludes halogenated alkanes) is 2. The van der Waals surface area contributed by atoms with Crippen LogP contribution in [0, 0.1) is 0 Å². The first-order valence-corrected chi connectivity index (χ1v) is 12.9. The van der Waals surface area contributed by atoms with Gasteiger partial charge < -0.3 is 0 Å². The van der Waals surface area contributed by atoms with Crippen LogP contribution in [0.2, 0.25) is 0 Å². The van der Waals surface area contributed by atoms with Crippen LogP contribution in [0.3, 0.4) is 0 Å². The van der Waals surface area contributed by atoms with E-state index in [1.54, 1.807) is 0 Å². The molecule has 1 atom stereocenters. The molecule has 0 spiro atoms. The maximum absolute atomic E-state index is 13.5. The van der Waals surface area contributed by atoms with Gasteiger partial charge in [-0.05, 0) is 47.6 Å². The van der Waals surface area contributed by atoms with Crippen molar-refractivity contribution in [1.29, 1.82) is 0 Å². The van der Waals surface area contributed by atoms with Crippen LogP contribution < -0.4 is 5.69 Å². The number of aromatic nitrogens is 6. The summed E-state index contributed by atoms with van der Waals surface area (Å²) in [5.74, 6) is 0.576. The third-order valence-corrected chi connectivity index (χ3v) is 6.75. The van der Waals surface area contributed by atoms with Crippen LogP contribution in [0.1, 0.15) is 76.6 Å². The van der Waals surface area contributed by atoms with E-state index < -0.39 is 0 Å². The number of aryl methyl sites for hydroxylation is 1. The number of nitrogens with one attached hydrogen (secondary N) is 1. The molecule has 0 fully saturated rings. The van der Waals surface area contributed by atoms with E-state index in [2.05, 4.69) is 77.9 Å². The first kappa shape index (κ1) is 24.6. The molecular weight excluding hydrogens is 436 g/mol. The normalized spacial score (nSPS) is 12.2. The Morgan fingerprint density at radius 1 is 0.943 bits per heavy atom. The molecule has 2 aromatic heterocycles. The van der Waals surface area contributed by atoms with Gasteiger partial charge in [-0.1, -0.05) is 88.6 Å². The van der Waals surface area contributed by atoms with Crippen molar-refractivity contribution in [2.45, 2.75) is 78.3 Å². The third kappa shape index (κ3) is 5.61. The Bertz CT molecular complexity index is 1250. The number of rotatable bonds is 12. The molecule has 4 rings (SSSR count). The summed E-state index contributed by atoms with van der Waals surface area (Å²) in [4.78, 5) is 13.5. The summed E-state index contributed by atoms with van der Waals surface area (Å²) in [7, 11) is 0. The summed E-state index contributed by atoms with van der Waals surface area (Å²) in [5, 5.41) is 14.5. The Morgan fingerprint density at radius 2 is 1.69 bits per heavy atom. The van der Waals surface area contributed by atoms with Gasteiger partial charge in [0.15, 0.2) is 0 Å². The van der Waals surface area contributed by atoms with Gasteiger partial charge >= 0.3 is 5.69 Å². The number of benzene rings is 2. The first-order valence-electron chi connectivity index (χ1n) is 12.9. The number of H-pyrrole nitrogens is 1. The second-order valence-corrected chi connectivity index (χ2v) is 9.18. The number of hydrogen-bond donors (Lipinski definition) is 1. The topological polar surface area (TPSA) is 81.4 Å². The van der Waals surface area contributed by atoms with E-state index in [1.807, 2.05) is 27.3 Å². The highest BCUT2D eigenvalue weighted by Gasteiger charge is 2.17. The zero-order chi connectivity index (χ0) is 24.6. The predicted molar refractivity (Wildman–Crippen MR) is 140 cm³/mol. The van der Waals surface area contributed by atoms with Crippen LogP contribution in [0.4, 0.5) is 0 Å². The number of hydrogen-bond acceptors (Lipinski definition) is 4. The molecule has 0 aliphatic heterocycles. The number of aromatic amines is 1.